The van der Waals surface area contributed by atoms with E-state index in [0.717, 1.165) is 11.3 Å². The zero-order valence-electron chi connectivity index (χ0n) is 13.6. The van der Waals surface area contributed by atoms with Crippen LogP contribution in [0.5, 0.6) is 0 Å². The van der Waals surface area contributed by atoms with E-state index in [1.54, 1.807) is 24.3 Å². The maximum atomic E-state index is 12.3. The van der Waals surface area contributed by atoms with Gasteiger partial charge in [0.25, 0.3) is 0 Å². The van der Waals surface area contributed by atoms with E-state index >= 15 is 0 Å². The van der Waals surface area contributed by atoms with E-state index < -0.39 is 28.0 Å². The smallest absolute Gasteiger partial charge is 0.338 e. The van der Waals surface area contributed by atoms with Crippen LogP contribution in [0.3, 0.4) is 0 Å². The van der Waals surface area contributed by atoms with Gasteiger partial charge >= 0.3 is 5.97 Å². The number of nitrogens with one attached hydrogen (secondary N) is 1. The van der Waals surface area contributed by atoms with Crippen molar-refractivity contribution in [3.05, 3.63) is 64.7 Å². The summed E-state index contributed by atoms with van der Waals surface area (Å²) in [6.45, 7) is 1.95. The molecule has 3 rings (SSSR count). The minimum absolute atomic E-state index is 0.0699. The van der Waals surface area contributed by atoms with Crippen LogP contribution in [0.2, 0.25) is 5.02 Å². The number of hydrogen-bond acceptors (Lipinski definition) is 5. The molecule has 7 heteroatoms. The van der Waals surface area contributed by atoms with Gasteiger partial charge in [-0.05, 0) is 48.9 Å². The molecule has 2 atom stereocenters. The molecular weight excluding hydrogens is 362 g/mol. The van der Waals surface area contributed by atoms with Crippen LogP contribution in [-0.2, 0) is 14.6 Å². The molecule has 2 aromatic rings. The molecule has 0 saturated carbocycles. The summed E-state index contributed by atoms with van der Waals surface area (Å²) in [5, 5.41) is 3.69. The van der Waals surface area contributed by atoms with Gasteiger partial charge in [0.2, 0.25) is 0 Å². The summed E-state index contributed by atoms with van der Waals surface area (Å²) >= 11 is 5.81. The van der Waals surface area contributed by atoms with Gasteiger partial charge in [0, 0.05) is 10.7 Å². The normalized spacial score (nSPS) is 21.7. The number of anilines is 1. The van der Waals surface area contributed by atoms with Crippen molar-refractivity contribution in [3.63, 3.8) is 0 Å². The third-order valence-corrected chi connectivity index (χ3v) is 5.96. The van der Waals surface area contributed by atoms with E-state index in [4.69, 9.17) is 16.3 Å². The fraction of sp³-hybridized carbons (Fsp3) is 0.278. The maximum Gasteiger partial charge on any atom is 0.338 e. The molecule has 2 unspecified atom stereocenters. The van der Waals surface area contributed by atoms with Crippen molar-refractivity contribution >= 4 is 33.1 Å². The second-order valence-corrected chi connectivity index (χ2v) is 8.74. The molecule has 0 spiro atoms. The quantitative estimate of drug-likeness (QED) is 0.826. The number of ether oxygens (including phenoxy) is 1. The lowest BCUT2D eigenvalue weighted by Gasteiger charge is -2.21. The van der Waals surface area contributed by atoms with E-state index in [1.807, 2.05) is 31.2 Å². The van der Waals surface area contributed by atoms with Gasteiger partial charge in [-0.15, -0.1) is 0 Å². The van der Waals surface area contributed by atoms with E-state index in [2.05, 4.69) is 5.32 Å². The summed E-state index contributed by atoms with van der Waals surface area (Å²) < 4.78 is 29.5. The Morgan fingerprint density at radius 1 is 1.16 bits per heavy atom. The molecule has 132 valence electrons. The Hall–Kier alpha value is -2.05. The van der Waals surface area contributed by atoms with Gasteiger partial charge in [0.15, 0.2) is 9.84 Å². The Balaban J connectivity index is 1.75. The molecule has 1 saturated heterocycles. The number of carbonyl (C=O) groups is 1. The molecule has 1 N–H and O–H groups in total. The van der Waals surface area contributed by atoms with Crippen molar-refractivity contribution in [1.29, 1.82) is 0 Å². The lowest BCUT2D eigenvalue weighted by atomic mass is 10.1. The third kappa shape index (κ3) is 4.52. The molecule has 0 aromatic heterocycles. The standard InChI is InChI=1S/C18H18ClNO4S/c1-12-3-2-4-15(9-12)20-16-10-25(22,23)11-17(16)24-18(21)13-5-7-14(19)8-6-13/h2-9,16-17,20H,10-11H2,1H3. The van der Waals surface area contributed by atoms with E-state index in [1.165, 1.54) is 0 Å². The van der Waals surface area contributed by atoms with Crippen molar-refractivity contribution < 1.29 is 17.9 Å². The highest BCUT2D eigenvalue weighted by Crippen LogP contribution is 2.22. The fourth-order valence-electron chi connectivity index (χ4n) is 2.81. The van der Waals surface area contributed by atoms with Crippen molar-refractivity contribution in [2.75, 3.05) is 16.8 Å². The molecule has 5 nitrogen and oxygen atoms in total. The highest BCUT2D eigenvalue weighted by Gasteiger charge is 2.40. The van der Waals surface area contributed by atoms with Crippen LogP contribution >= 0.6 is 11.6 Å². The van der Waals surface area contributed by atoms with Crippen molar-refractivity contribution in [1.82, 2.24) is 0 Å². The van der Waals surface area contributed by atoms with Gasteiger partial charge in [0.05, 0.1) is 23.1 Å². The highest BCUT2D eigenvalue weighted by molar-refractivity contribution is 7.91. The molecule has 25 heavy (non-hydrogen) atoms. The number of halogens is 1. The first-order chi connectivity index (χ1) is 11.8. The van der Waals surface area contributed by atoms with E-state index in [9.17, 15) is 13.2 Å². The summed E-state index contributed by atoms with van der Waals surface area (Å²) in [5.74, 6) is -0.815. The number of benzene rings is 2. The third-order valence-electron chi connectivity index (χ3n) is 4.01. The average molecular weight is 380 g/mol. The summed E-state index contributed by atoms with van der Waals surface area (Å²) in [7, 11) is -3.27. The van der Waals surface area contributed by atoms with Crippen molar-refractivity contribution in [2.45, 2.75) is 19.1 Å². The molecule has 0 radical (unpaired) electrons. The topological polar surface area (TPSA) is 72.5 Å². The zero-order chi connectivity index (χ0) is 18.0. The largest absolute Gasteiger partial charge is 0.455 e. The molecule has 1 fully saturated rings. The Labute approximate surface area is 151 Å². The molecule has 0 bridgehead atoms. The molecule has 0 amide bonds. The van der Waals surface area contributed by atoms with Crippen LogP contribution < -0.4 is 5.32 Å². The number of carbonyl (C=O) groups excluding carboxylic acids is 1. The second-order valence-electron chi connectivity index (χ2n) is 6.15. The Morgan fingerprint density at radius 2 is 1.88 bits per heavy atom. The predicted molar refractivity (Wildman–Crippen MR) is 97.9 cm³/mol. The Kier molecular flexibility index (Phi) is 5.01. The molecule has 0 aliphatic carbocycles. The number of aryl methyl sites for hydroxylation is 1. The molecule has 1 aliphatic heterocycles. The second kappa shape index (κ2) is 7.06. The minimum Gasteiger partial charge on any atom is -0.455 e. The van der Waals surface area contributed by atoms with Crippen molar-refractivity contribution in [2.24, 2.45) is 0 Å². The van der Waals surface area contributed by atoms with Gasteiger partial charge in [0.1, 0.15) is 6.10 Å². The highest BCUT2D eigenvalue weighted by atomic mass is 35.5. The Bertz CT molecular complexity index is 880. The van der Waals surface area contributed by atoms with Crippen molar-refractivity contribution in [3.8, 4) is 0 Å². The first kappa shape index (κ1) is 17.8. The van der Waals surface area contributed by atoms with Crippen LogP contribution in [0, 0.1) is 6.92 Å². The van der Waals surface area contributed by atoms with Gasteiger partial charge in [-0.2, -0.15) is 0 Å². The van der Waals surface area contributed by atoms with Gasteiger partial charge in [-0.25, -0.2) is 13.2 Å². The summed E-state index contributed by atoms with van der Waals surface area (Å²) in [5.41, 5.74) is 2.19. The van der Waals surface area contributed by atoms with Crippen LogP contribution in [0.1, 0.15) is 15.9 Å². The molecule has 2 aromatic carbocycles. The molecule has 1 aliphatic rings. The van der Waals surface area contributed by atoms with Crippen LogP contribution in [0.25, 0.3) is 0 Å². The first-order valence-corrected chi connectivity index (χ1v) is 10.0. The average Bonchev–Trinajstić information content (AvgIpc) is 2.81. The molecular formula is C18H18ClNO4S. The number of rotatable bonds is 4. The Morgan fingerprint density at radius 3 is 2.56 bits per heavy atom. The summed E-state index contributed by atoms with van der Waals surface area (Å²) in [4.78, 5) is 12.3. The number of sulfone groups is 1. The number of esters is 1. The zero-order valence-corrected chi connectivity index (χ0v) is 15.2. The summed E-state index contributed by atoms with van der Waals surface area (Å²) in [6.07, 6.45) is -0.742. The predicted octanol–water partition coefficient (Wildman–Crippen LogP) is 3.08. The maximum absolute atomic E-state index is 12.3. The van der Waals surface area contributed by atoms with E-state index in [-0.39, 0.29) is 11.5 Å². The minimum atomic E-state index is -3.27. The SMILES string of the molecule is Cc1cccc(NC2CS(=O)(=O)CC2OC(=O)c2ccc(Cl)cc2)c1. The van der Waals surface area contributed by atoms with E-state index in [0.29, 0.717) is 10.6 Å². The monoisotopic (exact) mass is 379 g/mol. The number of hydrogen-bond donors (Lipinski definition) is 1. The van der Waals surface area contributed by atoms with Gasteiger partial charge in [-0.1, -0.05) is 23.7 Å². The van der Waals surface area contributed by atoms with Gasteiger partial charge in [-0.3, -0.25) is 0 Å². The first-order valence-electron chi connectivity index (χ1n) is 7.82. The summed E-state index contributed by atoms with van der Waals surface area (Å²) in [6, 6.07) is 13.4. The van der Waals surface area contributed by atoms with Crippen LogP contribution in [-0.4, -0.2) is 38.0 Å². The fourth-order valence-corrected chi connectivity index (χ4v) is 4.71. The lowest BCUT2D eigenvalue weighted by molar-refractivity contribution is 0.0336. The lowest BCUT2D eigenvalue weighted by Crippen LogP contribution is -2.36. The van der Waals surface area contributed by atoms with Crippen LogP contribution in [0.15, 0.2) is 48.5 Å². The molecule has 1 heterocycles. The van der Waals surface area contributed by atoms with Gasteiger partial charge < -0.3 is 10.1 Å². The van der Waals surface area contributed by atoms with Crippen LogP contribution in [0.4, 0.5) is 5.69 Å².